The monoisotopic (exact) mass is 282 g/mol. The molecule has 0 amide bonds. The zero-order chi connectivity index (χ0) is 15.4. The maximum absolute atomic E-state index is 11.6. The van der Waals surface area contributed by atoms with Crippen molar-refractivity contribution in [2.24, 2.45) is 0 Å². The normalized spacial score (nSPS) is 10.6. The lowest BCUT2D eigenvalue weighted by atomic mass is 10.0. The van der Waals surface area contributed by atoms with Gasteiger partial charge < -0.3 is 10.3 Å². The molecule has 2 aromatic heterocycles. The Labute approximate surface area is 125 Å². The number of anilines is 1. The van der Waals surface area contributed by atoms with Gasteiger partial charge in [0.15, 0.2) is 0 Å². The summed E-state index contributed by atoms with van der Waals surface area (Å²) in [4.78, 5) is 23.1. The quantitative estimate of drug-likeness (QED) is 0.811. The summed E-state index contributed by atoms with van der Waals surface area (Å²) in [5, 5.41) is 3.12. The molecule has 0 aliphatic heterocycles. The number of aryl methyl sites for hydroxylation is 2. The number of H-pyrrole nitrogens is 1. The zero-order valence-corrected chi connectivity index (χ0v) is 12.7. The maximum Gasteiger partial charge on any atom is 0.250 e. The summed E-state index contributed by atoms with van der Waals surface area (Å²) in [6.45, 7) is 4.04. The molecule has 0 aliphatic carbocycles. The highest BCUT2D eigenvalue weighted by Crippen LogP contribution is 2.24. The summed E-state index contributed by atoms with van der Waals surface area (Å²) in [7, 11) is 7.52. The van der Waals surface area contributed by atoms with Gasteiger partial charge in [-0.05, 0) is 37.0 Å². The molecule has 2 N–H and O–H groups in total. The Kier molecular flexibility index (Phi) is 4.78. The molecule has 2 radical (unpaired) electrons. The molecule has 5 nitrogen and oxygen atoms in total. The van der Waals surface area contributed by atoms with Crippen LogP contribution in [-0.4, -0.2) is 29.8 Å². The van der Waals surface area contributed by atoms with Gasteiger partial charge in [0.25, 0.3) is 0 Å². The molecule has 2 heterocycles. The van der Waals surface area contributed by atoms with Crippen LogP contribution in [0.3, 0.4) is 0 Å². The van der Waals surface area contributed by atoms with Crippen LogP contribution in [0.5, 0.6) is 0 Å². The molecular weight excluding hydrogens is 263 g/mol. The molecule has 0 bridgehead atoms. The first-order valence-electron chi connectivity index (χ1n) is 7.10. The molecule has 0 atom stereocenters. The fourth-order valence-electron chi connectivity index (χ4n) is 2.26. The summed E-state index contributed by atoms with van der Waals surface area (Å²) in [5.74, 6) is 1.33. The van der Waals surface area contributed by atoms with Crippen LogP contribution in [0.1, 0.15) is 31.0 Å². The van der Waals surface area contributed by atoms with Gasteiger partial charge in [-0.2, -0.15) is 0 Å². The average Bonchev–Trinajstić information content (AvgIpc) is 2.44. The second-order valence-corrected chi connectivity index (χ2v) is 5.00. The number of aromatic amines is 1. The van der Waals surface area contributed by atoms with Crippen molar-refractivity contribution in [1.29, 1.82) is 0 Å². The van der Waals surface area contributed by atoms with E-state index < -0.39 is 0 Å². The minimum absolute atomic E-state index is 0.209. The number of unbranched alkanes of at least 4 members (excludes halogenated alkanes) is 1. The molecular formula is C15H19BN4O. The summed E-state index contributed by atoms with van der Waals surface area (Å²) >= 11 is 0. The Balaban J connectivity index is 2.54. The van der Waals surface area contributed by atoms with Gasteiger partial charge in [-0.15, -0.1) is 0 Å². The SMILES string of the molecule is [B]c1cc(=O)[nH]c(-c2cc(CCCC)c(NC)nc2C)n1. The lowest BCUT2D eigenvalue weighted by molar-refractivity contribution is 0.792. The van der Waals surface area contributed by atoms with E-state index in [0.29, 0.717) is 5.82 Å². The number of hydrogen-bond donors (Lipinski definition) is 2. The van der Waals surface area contributed by atoms with E-state index in [1.807, 2.05) is 20.0 Å². The Hall–Kier alpha value is -2.11. The number of pyridine rings is 1. The molecule has 108 valence electrons. The molecule has 0 aromatic carbocycles. The molecule has 2 rings (SSSR count). The van der Waals surface area contributed by atoms with Gasteiger partial charge in [-0.1, -0.05) is 13.3 Å². The van der Waals surface area contributed by atoms with Crippen molar-refractivity contribution in [1.82, 2.24) is 15.0 Å². The lowest BCUT2D eigenvalue weighted by Crippen LogP contribution is -2.20. The van der Waals surface area contributed by atoms with E-state index in [2.05, 4.69) is 27.2 Å². The van der Waals surface area contributed by atoms with Gasteiger partial charge in [0.05, 0.1) is 5.69 Å². The van der Waals surface area contributed by atoms with Crippen molar-refractivity contribution in [3.05, 3.63) is 33.7 Å². The van der Waals surface area contributed by atoms with E-state index in [1.54, 1.807) is 0 Å². The molecule has 0 saturated heterocycles. The average molecular weight is 282 g/mol. The van der Waals surface area contributed by atoms with E-state index in [0.717, 1.165) is 41.9 Å². The molecule has 0 aliphatic rings. The van der Waals surface area contributed by atoms with Crippen molar-refractivity contribution >= 4 is 19.3 Å². The Morgan fingerprint density at radius 3 is 2.71 bits per heavy atom. The number of rotatable bonds is 5. The Bertz CT molecular complexity index is 697. The van der Waals surface area contributed by atoms with E-state index in [1.165, 1.54) is 6.07 Å². The van der Waals surface area contributed by atoms with Gasteiger partial charge in [-0.3, -0.25) is 4.79 Å². The maximum atomic E-state index is 11.6. The molecule has 0 spiro atoms. The first-order chi connectivity index (χ1) is 10.0. The van der Waals surface area contributed by atoms with Crippen LogP contribution < -0.4 is 16.5 Å². The van der Waals surface area contributed by atoms with Crippen LogP contribution in [0.2, 0.25) is 0 Å². The molecule has 0 unspecified atom stereocenters. The zero-order valence-electron chi connectivity index (χ0n) is 12.7. The van der Waals surface area contributed by atoms with Crippen molar-refractivity contribution in [2.45, 2.75) is 33.1 Å². The van der Waals surface area contributed by atoms with E-state index in [-0.39, 0.29) is 11.2 Å². The fraction of sp³-hybridized carbons (Fsp3) is 0.400. The van der Waals surface area contributed by atoms with Gasteiger partial charge in [-0.25, -0.2) is 9.97 Å². The third-order valence-corrected chi connectivity index (χ3v) is 3.35. The van der Waals surface area contributed by atoms with Crippen LogP contribution >= 0.6 is 0 Å². The fourth-order valence-corrected chi connectivity index (χ4v) is 2.26. The van der Waals surface area contributed by atoms with Gasteiger partial charge in [0.1, 0.15) is 19.5 Å². The van der Waals surface area contributed by atoms with Crippen molar-refractivity contribution in [3.8, 4) is 11.4 Å². The van der Waals surface area contributed by atoms with Crippen LogP contribution in [0, 0.1) is 6.92 Å². The highest BCUT2D eigenvalue weighted by atomic mass is 16.1. The number of nitrogens with zero attached hydrogens (tertiary/aromatic N) is 2. The molecule has 21 heavy (non-hydrogen) atoms. The minimum Gasteiger partial charge on any atom is -0.373 e. The highest BCUT2D eigenvalue weighted by Gasteiger charge is 2.12. The van der Waals surface area contributed by atoms with Crippen LogP contribution in [0.4, 0.5) is 5.82 Å². The third kappa shape index (κ3) is 3.51. The molecule has 2 aromatic rings. The molecule has 6 heteroatoms. The highest BCUT2D eigenvalue weighted by molar-refractivity contribution is 6.30. The topological polar surface area (TPSA) is 70.7 Å². The summed E-state index contributed by atoms with van der Waals surface area (Å²) in [5.41, 5.74) is 2.67. The predicted octanol–water partition coefficient (Wildman–Crippen LogP) is 1.32. The lowest BCUT2D eigenvalue weighted by Gasteiger charge is -2.13. The number of aromatic nitrogens is 3. The Morgan fingerprint density at radius 1 is 1.33 bits per heavy atom. The van der Waals surface area contributed by atoms with Gasteiger partial charge in [0.2, 0.25) is 5.56 Å². The van der Waals surface area contributed by atoms with Crippen molar-refractivity contribution in [3.63, 3.8) is 0 Å². The van der Waals surface area contributed by atoms with Crippen LogP contribution in [0.25, 0.3) is 11.4 Å². The second kappa shape index (κ2) is 6.56. The second-order valence-electron chi connectivity index (χ2n) is 5.00. The van der Waals surface area contributed by atoms with Crippen molar-refractivity contribution in [2.75, 3.05) is 12.4 Å². The van der Waals surface area contributed by atoms with Crippen LogP contribution in [0.15, 0.2) is 16.9 Å². The first kappa shape index (κ1) is 15.3. The van der Waals surface area contributed by atoms with Gasteiger partial charge >= 0.3 is 0 Å². The number of hydrogen-bond acceptors (Lipinski definition) is 4. The first-order valence-corrected chi connectivity index (χ1v) is 7.10. The summed E-state index contributed by atoms with van der Waals surface area (Å²) in [6.07, 6.45) is 3.12. The van der Waals surface area contributed by atoms with Crippen LogP contribution in [-0.2, 0) is 6.42 Å². The summed E-state index contributed by atoms with van der Waals surface area (Å²) in [6, 6.07) is 3.30. The van der Waals surface area contributed by atoms with E-state index in [9.17, 15) is 4.79 Å². The number of nitrogens with one attached hydrogen (secondary N) is 2. The summed E-state index contributed by atoms with van der Waals surface area (Å²) < 4.78 is 0. The van der Waals surface area contributed by atoms with Crippen molar-refractivity contribution < 1.29 is 0 Å². The third-order valence-electron chi connectivity index (χ3n) is 3.35. The standard InChI is InChI=1S/C15H19BN4O/c1-4-5-6-10-7-11(9(2)18-14(10)17-3)15-19-12(16)8-13(21)20-15/h7-8H,4-6H2,1-3H3,(H,17,18)(H,19,20,21). The Morgan fingerprint density at radius 2 is 2.10 bits per heavy atom. The van der Waals surface area contributed by atoms with E-state index in [4.69, 9.17) is 7.85 Å². The largest absolute Gasteiger partial charge is 0.373 e. The van der Waals surface area contributed by atoms with Gasteiger partial charge in [0, 0.05) is 18.7 Å². The van der Waals surface area contributed by atoms with E-state index >= 15 is 0 Å². The smallest absolute Gasteiger partial charge is 0.250 e. The molecule has 0 fully saturated rings. The minimum atomic E-state index is -0.260. The predicted molar refractivity (Wildman–Crippen MR) is 86.4 cm³/mol. The molecule has 0 saturated carbocycles.